The minimum Gasteiger partial charge on any atom is -0.366 e. The highest BCUT2D eigenvalue weighted by Gasteiger charge is 2.35. The highest BCUT2D eigenvalue weighted by molar-refractivity contribution is 6.32. The van der Waals surface area contributed by atoms with Gasteiger partial charge in [0, 0.05) is 11.1 Å². The molecule has 2 aromatic carbocycles. The van der Waals surface area contributed by atoms with E-state index in [1.807, 2.05) is 0 Å². The Hall–Kier alpha value is -2.80. The molecular weight excluding hydrogens is 355 g/mol. The smallest absolute Gasteiger partial charge is 0.366 e. The third-order valence-corrected chi connectivity index (χ3v) is 3.87. The van der Waals surface area contributed by atoms with Crippen LogP contribution in [0.1, 0.15) is 16.1 Å². The van der Waals surface area contributed by atoms with Crippen molar-refractivity contribution in [3.05, 3.63) is 70.9 Å². The summed E-state index contributed by atoms with van der Waals surface area (Å²) in [4.78, 5) is 11.2. The molecule has 2 N–H and O–H groups in total. The van der Waals surface area contributed by atoms with E-state index in [1.165, 1.54) is 24.3 Å². The Morgan fingerprint density at radius 3 is 2.28 bits per heavy atom. The molecule has 0 saturated carbocycles. The second-order valence-corrected chi connectivity index (χ2v) is 5.62. The summed E-state index contributed by atoms with van der Waals surface area (Å²) in [6.45, 7) is 0. The Kier molecular flexibility index (Phi) is 4.26. The summed E-state index contributed by atoms with van der Waals surface area (Å²) in [5, 5.41) is 3.92. The standard InChI is InChI=1S/C17H11ClF3N3O/c18-12-3-1-2-4-13(12)24-14(9-15(23-24)17(19,20)21)10-5-7-11(8-6-10)16(22)25/h1-9H,(H2,22,25). The summed E-state index contributed by atoms with van der Waals surface area (Å²) >= 11 is 6.11. The molecule has 4 nitrogen and oxygen atoms in total. The summed E-state index contributed by atoms with van der Waals surface area (Å²) < 4.78 is 40.5. The second kappa shape index (κ2) is 6.25. The number of benzene rings is 2. The Labute approximate surface area is 145 Å². The quantitative estimate of drug-likeness (QED) is 0.751. The van der Waals surface area contributed by atoms with Gasteiger partial charge in [0.2, 0.25) is 5.91 Å². The molecule has 0 aliphatic rings. The molecule has 8 heteroatoms. The number of hydrogen-bond donors (Lipinski definition) is 1. The van der Waals surface area contributed by atoms with Crippen LogP contribution in [0, 0.1) is 0 Å². The molecule has 0 bridgehead atoms. The number of amides is 1. The zero-order chi connectivity index (χ0) is 18.2. The first-order chi connectivity index (χ1) is 11.8. The number of rotatable bonds is 3. The molecule has 0 aliphatic heterocycles. The summed E-state index contributed by atoms with van der Waals surface area (Å²) in [7, 11) is 0. The zero-order valence-corrected chi connectivity index (χ0v) is 13.3. The fourth-order valence-electron chi connectivity index (χ4n) is 2.34. The largest absolute Gasteiger partial charge is 0.435 e. The number of aromatic nitrogens is 2. The topological polar surface area (TPSA) is 60.9 Å². The van der Waals surface area contributed by atoms with Crippen LogP contribution in [0.3, 0.4) is 0 Å². The second-order valence-electron chi connectivity index (χ2n) is 5.22. The molecule has 3 rings (SSSR count). The number of halogens is 4. The molecule has 0 unspecified atom stereocenters. The third-order valence-electron chi connectivity index (χ3n) is 3.55. The lowest BCUT2D eigenvalue weighted by Gasteiger charge is -2.09. The van der Waals surface area contributed by atoms with Crippen LogP contribution in [0.15, 0.2) is 54.6 Å². The van der Waals surface area contributed by atoms with Crippen LogP contribution in [-0.2, 0) is 6.18 Å². The molecular formula is C17H11ClF3N3O. The van der Waals surface area contributed by atoms with Crippen LogP contribution < -0.4 is 5.73 Å². The van der Waals surface area contributed by atoms with E-state index >= 15 is 0 Å². The predicted molar refractivity (Wildman–Crippen MR) is 87.5 cm³/mol. The lowest BCUT2D eigenvalue weighted by Crippen LogP contribution is -2.10. The van der Waals surface area contributed by atoms with Gasteiger partial charge in [-0.15, -0.1) is 0 Å². The normalized spacial score (nSPS) is 11.5. The average Bonchev–Trinajstić information content (AvgIpc) is 3.00. The molecule has 0 atom stereocenters. The van der Waals surface area contributed by atoms with E-state index in [9.17, 15) is 18.0 Å². The minimum atomic E-state index is -4.60. The van der Waals surface area contributed by atoms with Crippen molar-refractivity contribution >= 4 is 17.5 Å². The van der Waals surface area contributed by atoms with E-state index < -0.39 is 17.8 Å². The van der Waals surface area contributed by atoms with Gasteiger partial charge in [-0.25, -0.2) is 4.68 Å². The van der Waals surface area contributed by atoms with E-state index in [0.717, 1.165) is 10.7 Å². The van der Waals surface area contributed by atoms with E-state index in [4.69, 9.17) is 17.3 Å². The van der Waals surface area contributed by atoms with Gasteiger partial charge in [0.1, 0.15) is 0 Å². The Morgan fingerprint density at radius 1 is 1.08 bits per heavy atom. The maximum absolute atomic E-state index is 13.1. The fraction of sp³-hybridized carbons (Fsp3) is 0.0588. The van der Waals surface area contributed by atoms with Crippen LogP contribution in [-0.4, -0.2) is 15.7 Å². The number of carbonyl (C=O) groups excluding carboxylic acids is 1. The summed E-state index contributed by atoms with van der Waals surface area (Å²) in [6.07, 6.45) is -4.60. The van der Waals surface area contributed by atoms with Gasteiger partial charge in [-0.2, -0.15) is 18.3 Å². The number of primary amides is 1. The maximum Gasteiger partial charge on any atom is 0.435 e. The molecule has 0 aliphatic carbocycles. The zero-order valence-electron chi connectivity index (χ0n) is 12.6. The van der Waals surface area contributed by atoms with Gasteiger partial charge >= 0.3 is 6.18 Å². The summed E-state index contributed by atoms with van der Waals surface area (Å²) in [5.41, 5.74) is 5.34. The van der Waals surface area contributed by atoms with Crippen LogP contribution in [0.5, 0.6) is 0 Å². The third kappa shape index (κ3) is 3.36. The van der Waals surface area contributed by atoms with E-state index in [-0.39, 0.29) is 16.3 Å². The summed E-state index contributed by atoms with van der Waals surface area (Å²) in [5.74, 6) is -0.623. The van der Waals surface area contributed by atoms with E-state index in [1.54, 1.807) is 24.3 Å². The number of nitrogens with zero attached hydrogens (tertiary/aromatic N) is 2. The Morgan fingerprint density at radius 2 is 1.72 bits per heavy atom. The van der Waals surface area contributed by atoms with Crippen molar-refractivity contribution in [1.82, 2.24) is 9.78 Å². The summed E-state index contributed by atoms with van der Waals surface area (Å²) in [6, 6.07) is 13.3. The van der Waals surface area contributed by atoms with Gasteiger partial charge in [-0.1, -0.05) is 35.9 Å². The molecule has 1 heterocycles. The van der Waals surface area contributed by atoms with Crippen LogP contribution in [0.2, 0.25) is 5.02 Å². The first kappa shape index (κ1) is 17.0. The van der Waals surface area contributed by atoms with Crippen LogP contribution in [0.25, 0.3) is 16.9 Å². The lowest BCUT2D eigenvalue weighted by atomic mass is 10.1. The van der Waals surface area contributed by atoms with E-state index in [2.05, 4.69) is 5.10 Å². The van der Waals surface area contributed by atoms with Crippen molar-refractivity contribution in [3.8, 4) is 16.9 Å². The lowest BCUT2D eigenvalue weighted by molar-refractivity contribution is -0.141. The van der Waals surface area contributed by atoms with Crippen molar-refractivity contribution in [3.63, 3.8) is 0 Å². The molecule has 3 aromatic rings. The minimum absolute atomic E-state index is 0.191. The fourth-order valence-corrected chi connectivity index (χ4v) is 2.55. The molecule has 0 saturated heterocycles. The van der Waals surface area contributed by atoms with Crippen molar-refractivity contribution in [1.29, 1.82) is 0 Å². The number of para-hydroxylation sites is 1. The molecule has 25 heavy (non-hydrogen) atoms. The molecule has 1 amide bonds. The first-order valence-corrected chi connectivity index (χ1v) is 7.47. The van der Waals surface area contributed by atoms with Gasteiger partial charge in [0.25, 0.3) is 0 Å². The molecule has 128 valence electrons. The highest BCUT2D eigenvalue weighted by Crippen LogP contribution is 2.34. The SMILES string of the molecule is NC(=O)c1ccc(-c2cc(C(F)(F)F)nn2-c2ccccc2Cl)cc1. The first-order valence-electron chi connectivity index (χ1n) is 7.10. The maximum atomic E-state index is 13.1. The molecule has 0 radical (unpaired) electrons. The van der Waals surface area contributed by atoms with Crippen molar-refractivity contribution in [2.75, 3.05) is 0 Å². The molecule has 1 aromatic heterocycles. The van der Waals surface area contributed by atoms with Gasteiger partial charge in [0.05, 0.1) is 16.4 Å². The van der Waals surface area contributed by atoms with Crippen molar-refractivity contribution in [2.45, 2.75) is 6.18 Å². The highest BCUT2D eigenvalue weighted by atomic mass is 35.5. The average molecular weight is 366 g/mol. The van der Waals surface area contributed by atoms with E-state index in [0.29, 0.717) is 11.3 Å². The van der Waals surface area contributed by atoms with Gasteiger partial charge in [-0.3, -0.25) is 4.79 Å². The monoisotopic (exact) mass is 365 g/mol. The van der Waals surface area contributed by atoms with Crippen LogP contribution >= 0.6 is 11.6 Å². The predicted octanol–water partition coefficient (Wildman–Crippen LogP) is 4.31. The Balaban J connectivity index is 2.19. The van der Waals surface area contributed by atoms with Gasteiger partial charge in [-0.05, 0) is 30.3 Å². The number of nitrogens with two attached hydrogens (primary N) is 1. The van der Waals surface area contributed by atoms with Gasteiger partial charge in [0.15, 0.2) is 5.69 Å². The number of alkyl halides is 3. The van der Waals surface area contributed by atoms with Crippen molar-refractivity contribution in [2.24, 2.45) is 5.73 Å². The Bertz CT molecular complexity index is 933. The molecule has 0 spiro atoms. The molecule has 0 fully saturated rings. The number of carbonyl (C=O) groups is 1. The van der Waals surface area contributed by atoms with Crippen LogP contribution in [0.4, 0.5) is 13.2 Å². The van der Waals surface area contributed by atoms with Gasteiger partial charge < -0.3 is 5.73 Å². The van der Waals surface area contributed by atoms with Crippen molar-refractivity contribution < 1.29 is 18.0 Å². The number of hydrogen-bond acceptors (Lipinski definition) is 2.